The molecule has 2 aromatic heterocycles. The molecule has 0 aliphatic heterocycles. The lowest BCUT2D eigenvalue weighted by molar-refractivity contribution is -0.122. The Morgan fingerprint density at radius 3 is 3.12 bits per heavy atom. The Kier molecular flexibility index (Phi) is 3.76. The van der Waals surface area contributed by atoms with Crippen LogP contribution in [0.5, 0.6) is 0 Å². The van der Waals surface area contributed by atoms with E-state index in [1.165, 1.54) is 0 Å². The first-order valence-corrected chi connectivity index (χ1v) is 8.36. The molecular formula is C19H20N4O. The van der Waals surface area contributed by atoms with E-state index in [0.29, 0.717) is 6.54 Å². The SMILES string of the molecule is Cc1ncc2c(n1)CCC[C@@H]2NC(=O)Cn1ccc2ccccc21. The predicted octanol–water partition coefficient (Wildman–Crippen LogP) is 2.93. The van der Waals surface area contributed by atoms with Gasteiger partial charge in [-0.3, -0.25) is 4.79 Å². The van der Waals surface area contributed by atoms with Gasteiger partial charge >= 0.3 is 0 Å². The molecule has 0 fully saturated rings. The second-order valence-corrected chi connectivity index (χ2v) is 6.33. The molecule has 2 heterocycles. The van der Waals surface area contributed by atoms with Gasteiger partial charge in [0.25, 0.3) is 0 Å². The minimum atomic E-state index is 0.0173. The number of carbonyl (C=O) groups excluding carboxylic acids is 1. The van der Waals surface area contributed by atoms with Gasteiger partial charge in [0.15, 0.2) is 0 Å². The third kappa shape index (κ3) is 2.77. The number of aryl methyl sites for hydroxylation is 2. The van der Waals surface area contributed by atoms with E-state index < -0.39 is 0 Å². The first-order valence-electron chi connectivity index (χ1n) is 8.36. The van der Waals surface area contributed by atoms with Crippen LogP contribution in [0.15, 0.2) is 42.7 Å². The monoisotopic (exact) mass is 320 g/mol. The van der Waals surface area contributed by atoms with Crippen molar-refractivity contribution >= 4 is 16.8 Å². The minimum Gasteiger partial charge on any atom is -0.348 e. The van der Waals surface area contributed by atoms with E-state index in [-0.39, 0.29) is 11.9 Å². The highest BCUT2D eigenvalue weighted by Gasteiger charge is 2.23. The number of fused-ring (bicyclic) bond motifs is 2. The number of carbonyl (C=O) groups is 1. The maximum Gasteiger partial charge on any atom is 0.240 e. The van der Waals surface area contributed by atoms with Crippen molar-refractivity contribution in [2.24, 2.45) is 0 Å². The van der Waals surface area contributed by atoms with Crippen molar-refractivity contribution in [3.8, 4) is 0 Å². The van der Waals surface area contributed by atoms with E-state index in [1.807, 2.05) is 48.1 Å². The van der Waals surface area contributed by atoms with Gasteiger partial charge in [0, 0.05) is 29.2 Å². The van der Waals surface area contributed by atoms with E-state index in [9.17, 15) is 4.79 Å². The number of amides is 1. The maximum atomic E-state index is 12.5. The molecule has 5 heteroatoms. The maximum absolute atomic E-state index is 12.5. The summed E-state index contributed by atoms with van der Waals surface area (Å²) in [6, 6.07) is 10.1. The van der Waals surface area contributed by atoms with E-state index in [0.717, 1.165) is 47.2 Å². The summed E-state index contributed by atoms with van der Waals surface area (Å²) in [7, 11) is 0. The predicted molar refractivity (Wildman–Crippen MR) is 92.5 cm³/mol. The van der Waals surface area contributed by atoms with E-state index in [2.05, 4.69) is 21.4 Å². The number of benzene rings is 1. The summed E-state index contributed by atoms with van der Waals surface area (Å²) >= 11 is 0. The molecule has 0 saturated heterocycles. The van der Waals surface area contributed by atoms with Crippen LogP contribution in [0.3, 0.4) is 0 Å². The van der Waals surface area contributed by atoms with Crippen LogP contribution in [0.4, 0.5) is 0 Å². The first-order chi connectivity index (χ1) is 11.7. The zero-order valence-electron chi connectivity index (χ0n) is 13.7. The summed E-state index contributed by atoms with van der Waals surface area (Å²) in [4.78, 5) is 21.3. The third-order valence-electron chi connectivity index (χ3n) is 4.63. The highest BCUT2D eigenvalue weighted by atomic mass is 16.2. The highest BCUT2D eigenvalue weighted by Crippen LogP contribution is 2.28. The van der Waals surface area contributed by atoms with E-state index in [4.69, 9.17) is 0 Å². The van der Waals surface area contributed by atoms with Crippen LogP contribution in [0, 0.1) is 6.92 Å². The Labute approximate surface area is 140 Å². The van der Waals surface area contributed by atoms with E-state index >= 15 is 0 Å². The number of nitrogens with zero attached hydrogens (tertiary/aromatic N) is 3. The van der Waals surface area contributed by atoms with Gasteiger partial charge in [-0.05, 0) is 43.7 Å². The van der Waals surface area contributed by atoms with Crippen molar-refractivity contribution in [2.45, 2.75) is 38.8 Å². The molecule has 0 spiro atoms. The van der Waals surface area contributed by atoms with Crippen LogP contribution < -0.4 is 5.32 Å². The summed E-state index contributed by atoms with van der Waals surface area (Å²) < 4.78 is 1.99. The van der Waals surface area contributed by atoms with Crippen molar-refractivity contribution in [2.75, 3.05) is 0 Å². The second kappa shape index (κ2) is 6.07. The van der Waals surface area contributed by atoms with Crippen molar-refractivity contribution in [1.82, 2.24) is 19.9 Å². The molecule has 0 saturated carbocycles. The minimum absolute atomic E-state index is 0.0173. The van der Waals surface area contributed by atoms with Crippen LogP contribution >= 0.6 is 0 Å². The topological polar surface area (TPSA) is 59.8 Å². The zero-order valence-corrected chi connectivity index (χ0v) is 13.7. The van der Waals surface area contributed by atoms with Gasteiger partial charge in [-0.1, -0.05) is 18.2 Å². The highest BCUT2D eigenvalue weighted by molar-refractivity contribution is 5.83. The second-order valence-electron chi connectivity index (χ2n) is 6.33. The summed E-state index contributed by atoms with van der Waals surface area (Å²) in [5.41, 5.74) is 3.22. The Morgan fingerprint density at radius 1 is 1.33 bits per heavy atom. The van der Waals surface area contributed by atoms with Crippen LogP contribution in [-0.4, -0.2) is 20.4 Å². The van der Waals surface area contributed by atoms with Gasteiger partial charge in [0.05, 0.1) is 6.04 Å². The summed E-state index contributed by atoms with van der Waals surface area (Å²) in [6.07, 6.45) is 6.78. The molecule has 1 amide bonds. The van der Waals surface area contributed by atoms with Crippen molar-refractivity contribution in [3.63, 3.8) is 0 Å². The third-order valence-corrected chi connectivity index (χ3v) is 4.63. The number of hydrogen-bond donors (Lipinski definition) is 1. The molecule has 1 atom stereocenters. The van der Waals surface area contributed by atoms with Crippen LogP contribution in [0.1, 0.15) is 36.0 Å². The average Bonchev–Trinajstić information content (AvgIpc) is 2.98. The van der Waals surface area contributed by atoms with Gasteiger partial charge in [-0.25, -0.2) is 9.97 Å². The van der Waals surface area contributed by atoms with Crippen LogP contribution in [0.2, 0.25) is 0 Å². The molecule has 0 radical (unpaired) electrons. The number of aromatic nitrogens is 3. The molecule has 1 aliphatic carbocycles. The van der Waals surface area contributed by atoms with Gasteiger partial charge in [0.2, 0.25) is 5.91 Å². The Hall–Kier alpha value is -2.69. The average molecular weight is 320 g/mol. The molecule has 24 heavy (non-hydrogen) atoms. The normalized spacial score (nSPS) is 16.8. The lowest BCUT2D eigenvalue weighted by Gasteiger charge is -2.25. The fourth-order valence-corrected chi connectivity index (χ4v) is 3.47. The summed E-state index contributed by atoms with van der Waals surface area (Å²) in [6.45, 7) is 2.23. The quantitative estimate of drug-likeness (QED) is 0.807. The van der Waals surface area contributed by atoms with Crippen molar-refractivity contribution in [3.05, 3.63) is 59.8 Å². The summed E-state index contributed by atoms with van der Waals surface area (Å²) in [5.74, 6) is 0.814. The van der Waals surface area contributed by atoms with E-state index in [1.54, 1.807) is 0 Å². The molecule has 0 bridgehead atoms. The number of nitrogens with one attached hydrogen (secondary N) is 1. The molecule has 1 aromatic carbocycles. The molecule has 0 unspecified atom stereocenters. The molecule has 3 aromatic rings. The molecule has 1 aliphatic rings. The van der Waals surface area contributed by atoms with Gasteiger partial charge < -0.3 is 9.88 Å². The lowest BCUT2D eigenvalue weighted by atomic mass is 9.92. The molecule has 122 valence electrons. The lowest BCUT2D eigenvalue weighted by Crippen LogP contribution is -2.33. The van der Waals surface area contributed by atoms with Gasteiger partial charge in [-0.2, -0.15) is 0 Å². The van der Waals surface area contributed by atoms with Gasteiger partial charge in [0.1, 0.15) is 12.4 Å². The van der Waals surface area contributed by atoms with Gasteiger partial charge in [-0.15, -0.1) is 0 Å². The molecule has 1 N–H and O–H groups in total. The Morgan fingerprint density at radius 2 is 2.21 bits per heavy atom. The summed E-state index contributed by atoms with van der Waals surface area (Å²) in [5, 5.41) is 4.31. The fraction of sp³-hybridized carbons (Fsp3) is 0.316. The van der Waals surface area contributed by atoms with Crippen LogP contribution in [0.25, 0.3) is 10.9 Å². The number of rotatable bonds is 3. The number of para-hydroxylation sites is 1. The number of hydrogen-bond acceptors (Lipinski definition) is 3. The van der Waals surface area contributed by atoms with Crippen molar-refractivity contribution in [1.29, 1.82) is 0 Å². The zero-order chi connectivity index (χ0) is 16.5. The molecule has 5 nitrogen and oxygen atoms in total. The smallest absolute Gasteiger partial charge is 0.240 e. The standard InChI is InChI=1S/C19H20N4O/c1-13-20-11-15-16(21-13)6-4-7-17(15)22-19(24)12-23-10-9-14-5-2-3-8-18(14)23/h2-3,5,8-11,17H,4,6-7,12H2,1H3,(H,22,24)/t17-/m0/s1. The molecule has 4 rings (SSSR count). The fourth-order valence-electron chi connectivity index (χ4n) is 3.47. The Balaban J connectivity index is 1.51. The largest absolute Gasteiger partial charge is 0.348 e. The van der Waals surface area contributed by atoms with Crippen LogP contribution in [-0.2, 0) is 17.8 Å². The Bertz CT molecular complexity index is 899. The molecular weight excluding hydrogens is 300 g/mol. The van der Waals surface area contributed by atoms with Crippen molar-refractivity contribution < 1.29 is 4.79 Å². The first kappa shape index (κ1) is 14.9.